The Hall–Kier alpha value is -0.590. The van der Waals surface area contributed by atoms with Gasteiger partial charge in [-0.25, -0.2) is 13.1 Å². The second-order valence-electron chi connectivity index (χ2n) is 2.86. The Bertz CT molecular complexity index is 419. The normalized spacial score (nSPS) is 11.3. The molecule has 1 aromatic carbocycles. The van der Waals surface area contributed by atoms with Gasteiger partial charge in [-0.3, -0.25) is 0 Å². The molecule has 15 heavy (non-hydrogen) atoms. The fourth-order valence-corrected chi connectivity index (χ4v) is 2.01. The number of halogens is 1. The van der Waals surface area contributed by atoms with Crippen molar-refractivity contribution in [3.05, 3.63) is 29.8 Å². The van der Waals surface area contributed by atoms with Crippen molar-refractivity contribution >= 4 is 26.0 Å². The summed E-state index contributed by atoms with van der Waals surface area (Å²) in [4.78, 5) is 0. The summed E-state index contributed by atoms with van der Waals surface area (Å²) >= 11 is 2.90. The molecule has 0 fully saturated rings. The average molecular weight is 294 g/mol. The van der Waals surface area contributed by atoms with E-state index in [9.17, 15) is 8.42 Å². The van der Waals surface area contributed by atoms with Gasteiger partial charge < -0.3 is 4.74 Å². The number of alkyl halides is 1. The Kier molecular flexibility index (Phi) is 4.56. The van der Waals surface area contributed by atoms with Crippen LogP contribution in [0.15, 0.2) is 24.3 Å². The lowest BCUT2D eigenvalue weighted by Crippen LogP contribution is -2.23. The number of ether oxygens (including phenoxy) is 1. The molecule has 0 aromatic heterocycles. The summed E-state index contributed by atoms with van der Waals surface area (Å²) < 4.78 is 29.8. The molecule has 0 amide bonds. The van der Waals surface area contributed by atoms with Gasteiger partial charge in [-0.1, -0.05) is 34.1 Å². The van der Waals surface area contributed by atoms with Crippen LogP contribution in [0.2, 0.25) is 0 Å². The van der Waals surface area contributed by atoms with Crippen molar-refractivity contribution in [1.82, 2.24) is 4.72 Å². The van der Waals surface area contributed by atoms with Crippen molar-refractivity contribution in [1.29, 1.82) is 0 Å². The molecule has 1 aromatic rings. The predicted octanol–water partition coefficient (Wildman–Crippen LogP) is 1.47. The summed E-state index contributed by atoms with van der Waals surface area (Å²) in [5.74, 6) is 0.676. The van der Waals surface area contributed by atoms with Crippen LogP contribution in [0.4, 0.5) is 0 Å². The third kappa shape index (κ3) is 3.81. The summed E-state index contributed by atoms with van der Waals surface area (Å²) in [5, 5.41) is 0. The first-order valence-electron chi connectivity index (χ1n) is 4.24. The molecule has 0 aliphatic carbocycles. The van der Waals surface area contributed by atoms with Crippen molar-refractivity contribution in [3.63, 3.8) is 0 Å². The maximum Gasteiger partial charge on any atom is 0.221 e. The van der Waals surface area contributed by atoms with Gasteiger partial charge in [-0.2, -0.15) is 0 Å². The molecule has 0 heterocycles. The van der Waals surface area contributed by atoms with Crippen LogP contribution in [0.3, 0.4) is 0 Å². The second kappa shape index (κ2) is 5.48. The van der Waals surface area contributed by atoms with E-state index in [1.54, 1.807) is 13.2 Å². The van der Waals surface area contributed by atoms with Gasteiger partial charge in [-0.05, 0) is 6.07 Å². The number of benzene rings is 1. The molecule has 4 nitrogen and oxygen atoms in total. The molecule has 0 spiro atoms. The van der Waals surface area contributed by atoms with E-state index in [2.05, 4.69) is 20.7 Å². The second-order valence-corrected chi connectivity index (χ2v) is 5.97. The lowest BCUT2D eigenvalue weighted by Gasteiger charge is -2.08. The van der Waals surface area contributed by atoms with Crippen LogP contribution in [0.5, 0.6) is 5.75 Å². The topological polar surface area (TPSA) is 55.4 Å². The van der Waals surface area contributed by atoms with Gasteiger partial charge in [0, 0.05) is 12.1 Å². The summed E-state index contributed by atoms with van der Waals surface area (Å²) in [7, 11) is -1.68. The summed E-state index contributed by atoms with van der Waals surface area (Å²) in [6.45, 7) is 0.234. The Labute approximate surface area is 97.8 Å². The Morgan fingerprint density at radius 1 is 1.40 bits per heavy atom. The molecule has 0 unspecified atom stereocenters. The van der Waals surface area contributed by atoms with Gasteiger partial charge in [0.25, 0.3) is 0 Å². The number of hydrogen-bond acceptors (Lipinski definition) is 3. The first-order valence-corrected chi connectivity index (χ1v) is 7.01. The van der Waals surface area contributed by atoms with Crippen LogP contribution in [-0.2, 0) is 16.6 Å². The van der Waals surface area contributed by atoms with Gasteiger partial charge in [0.1, 0.15) is 10.4 Å². The zero-order valence-corrected chi connectivity index (χ0v) is 10.6. The van der Waals surface area contributed by atoms with Gasteiger partial charge >= 0.3 is 0 Å². The summed E-state index contributed by atoms with van der Waals surface area (Å²) in [6.07, 6.45) is 0. The maximum atomic E-state index is 11.2. The fourth-order valence-electron chi connectivity index (χ4n) is 1.08. The minimum atomic E-state index is -3.23. The number of nitrogens with one attached hydrogen (secondary N) is 1. The smallest absolute Gasteiger partial charge is 0.221 e. The van der Waals surface area contributed by atoms with Crippen molar-refractivity contribution in [2.75, 3.05) is 11.8 Å². The highest BCUT2D eigenvalue weighted by Gasteiger charge is 2.08. The van der Waals surface area contributed by atoms with Gasteiger partial charge in [0.2, 0.25) is 10.0 Å². The number of methoxy groups -OCH3 is 1. The van der Waals surface area contributed by atoms with E-state index >= 15 is 0 Å². The first-order chi connectivity index (χ1) is 7.09. The molecule has 1 rings (SSSR count). The van der Waals surface area contributed by atoms with E-state index < -0.39 is 10.0 Å². The van der Waals surface area contributed by atoms with Gasteiger partial charge in [-0.15, -0.1) is 0 Å². The molecule has 0 bridgehead atoms. The molecule has 0 aliphatic heterocycles. The van der Waals surface area contributed by atoms with E-state index in [-0.39, 0.29) is 11.2 Å². The predicted molar refractivity (Wildman–Crippen MR) is 62.5 cm³/mol. The molecule has 0 saturated carbocycles. The quantitative estimate of drug-likeness (QED) is 0.837. The average Bonchev–Trinajstić information content (AvgIpc) is 2.27. The molecular weight excluding hydrogens is 282 g/mol. The number of hydrogen-bond donors (Lipinski definition) is 1. The number of sulfonamides is 1. The van der Waals surface area contributed by atoms with E-state index in [1.165, 1.54) is 0 Å². The third-order valence-electron chi connectivity index (χ3n) is 1.82. The molecule has 0 aliphatic rings. The SMILES string of the molecule is COc1ccccc1CNS(=O)(=O)CBr. The van der Waals surface area contributed by atoms with Crippen LogP contribution in [-0.4, -0.2) is 20.2 Å². The van der Waals surface area contributed by atoms with Crippen molar-refractivity contribution < 1.29 is 13.2 Å². The van der Waals surface area contributed by atoms with E-state index in [4.69, 9.17) is 4.74 Å². The largest absolute Gasteiger partial charge is 0.496 e. The summed E-state index contributed by atoms with van der Waals surface area (Å²) in [6, 6.07) is 7.27. The summed E-state index contributed by atoms with van der Waals surface area (Å²) in [5.41, 5.74) is 0.810. The van der Waals surface area contributed by atoms with Crippen molar-refractivity contribution in [2.45, 2.75) is 6.54 Å². The van der Waals surface area contributed by atoms with Crippen LogP contribution < -0.4 is 9.46 Å². The molecular formula is C9H12BrNO3S. The molecule has 6 heteroatoms. The highest BCUT2D eigenvalue weighted by Crippen LogP contribution is 2.16. The third-order valence-corrected chi connectivity index (χ3v) is 4.50. The van der Waals surface area contributed by atoms with Crippen LogP contribution >= 0.6 is 15.9 Å². The van der Waals surface area contributed by atoms with Crippen LogP contribution in [0, 0.1) is 0 Å². The molecule has 84 valence electrons. The van der Waals surface area contributed by atoms with Crippen LogP contribution in [0.25, 0.3) is 0 Å². The fraction of sp³-hybridized carbons (Fsp3) is 0.333. The Balaban J connectivity index is 2.73. The van der Waals surface area contributed by atoms with Crippen LogP contribution in [0.1, 0.15) is 5.56 Å². The Morgan fingerprint density at radius 2 is 2.07 bits per heavy atom. The molecule has 0 saturated heterocycles. The van der Waals surface area contributed by atoms with Gasteiger partial charge in [0.15, 0.2) is 0 Å². The highest BCUT2D eigenvalue weighted by atomic mass is 79.9. The zero-order chi connectivity index (χ0) is 11.3. The van der Waals surface area contributed by atoms with Gasteiger partial charge in [0.05, 0.1) is 7.11 Å². The lowest BCUT2D eigenvalue weighted by molar-refractivity contribution is 0.409. The molecule has 0 radical (unpaired) electrons. The van der Waals surface area contributed by atoms with E-state index in [0.29, 0.717) is 5.75 Å². The lowest BCUT2D eigenvalue weighted by atomic mass is 10.2. The number of rotatable bonds is 5. The minimum absolute atomic E-state index is 0.102. The van der Waals surface area contributed by atoms with E-state index in [1.807, 2.05) is 18.2 Å². The monoisotopic (exact) mass is 293 g/mol. The zero-order valence-electron chi connectivity index (χ0n) is 8.23. The first kappa shape index (κ1) is 12.5. The van der Waals surface area contributed by atoms with E-state index in [0.717, 1.165) is 5.56 Å². The number of para-hydroxylation sites is 1. The highest BCUT2D eigenvalue weighted by molar-refractivity contribution is 9.10. The van der Waals surface area contributed by atoms with Crippen molar-refractivity contribution in [3.8, 4) is 5.75 Å². The minimum Gasteiger partial charge on any atom is -0.496 e. The Morgan fingerprint density at radius 3 is 2.67 bits per heavy atom. The maximum absolute atomic E-state index is 11.2. The molecule has 0 atom stereocenters. The van der Waals surface area contributed by atoms with Crippen molar-refractivity contribution in [2.24, 2.45) is 0 Å². The standard InChI is InChI=1S/C9H12BrNO3S/c1-14-9-5-3-2-4-8(9)6-11-15(12,13)7-10/h2-5,11H,6-7H2,1H3. The molecule has 1 N–H and O–H groups in total.